The highest BCUT2D eigenvalue weighted by Gasteiger charge is 2.33. The topological polar surface area (TPSA) is 79.0 Å². The van der Waals surface area contributed by atoms with Gasteiger partial charge >= 0.3 is 0 Å². The van der Waals surface area contributed by atoms with Crippen molar-refractivity contribution in [3.8, 4) is 0 Å². The first-order chi connectivity index (χ1) is 13.0. The quantitative estimate of drug-likeness (QED) is 0.269. The third-order valence-electron chi connectivity index (χ3n) is 4.30. The summed E-state index contributed by atoms with van der Waals surface area (Å²) in [5.41, 5.74) is 1.15. The Balaban J connectivity index is 1.78. The Morgan fingerprint density at radius 3 is 2.52 bits per heavy atom. The average molecular weight is 385 g/mol. The summed E-state index contributed by atoms with van der Waals surface area (Å²) in [6.45, 7) is 6.65. The van der Waals surface area contributed by atoms with Gasteiger partial charge in [-0.2, -0.15) is 0 Å². The monoisotopic (exact) mass is 385 g/mol. The minimum atomic E-state index is -0.677. The fourth-order valence-corrected chi connectivity index (χ4v) is 3.11. The van der Waals surface area contributed by atoms with Crippen molar-refractivity contribution >= 4 is 40.6 Å². The number of carbonyl (C=O) groups excluding carboxylic acids is 3. The zero-order chi connectivity index (χ0) is 19.4. The summed E-state index contributed by atoms with van der Waals surface area (Å²) in [5.74, 6) is -1.71. The molecule has 0 aromatic heterocycles. The fourth-order valence-electron chi connectivity index (χ4n) is 2.86. The molecule has 0 saturated carbocycles. The van der Waals surface area contributed by atoms with E-state index < -0.39 is 17.6 Å². The second-order valence-corrected chi connectivity index (χ2v) is 6.42. The Morgan fingerprint density at radius 2 is 1.89 bits per heavy atom. The lowest BCUT2D eigenvalue weighted by Crippen LogP contribution is -2.54. The highest BCUT2D eigenvalue weighted by atomic mass is 32.1. The number of benzene rings is 1. The van der Waals surface area contributed by atoms with Crippen molar-refractivity contribution in [3.63, 3.8) is 0 Å². The van der Waals surface area contributed by atoms with Gasteiger partial charge in [0.2, 0.25) is 0 Å². The SMILES string of the molecule is C=CCN1C(=O)/C(=C/C(=O)c2ccc(N3CCOCC3)cc2)C(=O)NC1=S. The van der Waals surface area contributed by atoms with Crippen LogP contribution in [0.2, 0.25) is 0 Å². The number of morpholine rings is 1. The molecular weight excluding hydrogens is 366 g/mol. The van der Waals surface area contributed by atoms with Crippen LogP contribution in [0.5, 0.6) is 0 Å². The molecule has 1 aromatic rings. The predicted molar refractivity (Wildman–Crippen MR) is 105 cm³/mol. The number of hydrogen-bond donors (Lipinski definition) is 1. The third-order valence-corrected chi connectivity index (χ3v) is 4.62. The maximum Gasteiger partial charge on any atom is 0.266 e. The molecule has 27 heavy (non-hydrogen) atoms. The van der Waals surface area contributed by atoms with Crippen molar-refractivity contribution in [2.24, 2.45) is 0 Å². The summed E-state index contributed by atoms with van der Waals surface area (Å²) in [6.07, 6.45) is 2.55. The van der Waals surface area contributed by atoms with Crippen LogP contribution < -0.4 is 10.2 Å². The van der Waals surface area contributed by atoms with Crippen LogP contribution in [0.25, 0.3) is 0 Å². The Kier molecular flexibility index (Phi) is 5.78. The van der Waals surface area contributed by atoms with Gasteiger partial charge in [0, 0.05) is 37.0 Å². The third kappa shape index (κ3) is 4.12. The number of thiocarbonyl (C=S) groups is 1. The number of anilines is 1. The van der Waals surface area contributed by atoms with Crippen LogP contribution in [-0.4, -0.2) is 60.5 Å². The van der Waals surface area contributed by atoms with Crippen LogP contribution in [0, 0.1) is 0 Å². The molecule has 8 heteroatoms. The fraction of sp³-hybridized carbons (Fsp3) is 0.263. The van der Waals surface area contributed by atoms with Gasteiger partial charge in [0.1, 0.15) is 5.57 Å². The standard InChI is InChI=1S/C19H19N3O4S/c1-2-7-22-18(25)15(17(24)20-19(22)27)12-16(23)13-3-5-14(6-4-13)21-8-10-26-11-9-21/h2-6,12H,1,7-11H2,(H,20,24,27)/b15-12+. The van der Waals surface area contributed by atoms with Crippen molar-refractivity contribution in [2.75, 3.05) is 37.7 Å². The molecule has 2 aliphatic heterocycles. The minimum Gasteiger partial charge on any atom is -0.378 e. The molecule has 0 aliphatic carbocycles. The zero-order valence-electron chi connectivity index (χ0n) is 14.6. The van der Waals surface area contributed by atoms with Crippen LogP contribution >= 0.6 is 12.2 Å². The van der Waals surface area contributed by atoms with Crippen LogP contribution in [0.4, 0.5) is 5.69 Å². The highest BCUT2D eigenvalue weighted by Crippen LogP contribution is 2.18. The van der Waals surface area contributed by atoms with Gasteiger partial charge < -0.3 is 9.64 Å². The van der Waals surface area contributed by atoms with E-state index >= 15 is 0 Å². The largest absolute Gasteiger partial charge is 0.378 e. The zero-order valence-corrected chi connectivity index (χ0v) is 15.5. The molecule has 1 N–H and O–H groups in total. The molecule has 7 nitrogen and oxygen atoms in total. The molecule has 2 saturated heterocycles. The van der Waals surface area contributed by atoms with Crippen molar-refractivity contribution in [1.29, 1.82) is 0 Å². The molecule has 0 unspecified atom stereocenters. The molecule has 2 heterocycles. The molecule has 0 radical (unpaired) electrons. The lowest BCUT2D eigenvalue weighted by molar-refractivity contribution is -0.128. The summed E-state index contributed by atoms with van der Waals surface area (Å²) in [6, 6.07) is 7.06. The van der Waals surface area contributed by atoms with Crippen LogP contribution in [-0.2, 0) is 14.3 Å². The van der Waals surface area contributed by atoms with E-state index in [1.165, 1.54) is 11.0 Å². The molecule has 0 spiro atoms. The van der Waals surface area contributed by atoms with Gasteiger partial charge in [-0.05, 0) is 36.5 Å². The van der Waals surface area contributed by atoms with Crippen LogP contribution in [0.15, 0.2) is 48.6 Å². The maximum absolute atomic E-state index is 12.5. The van der Waals surface area contributed by atoms with E-state index in [4.69, 9.17) is 17.0 Å². The van der Waals surface area contributed by atoms with Crippen molar-refractivity contribution < 1.29 is 19.1 Å². The molecule has 3 rings (SSSR count). The number of carbonyl (C=O) groups is 3. The van der Waals surface area contributed by atoms with Gasteiger partial charge in [-0.25, -0.2) is 0 Å². The van der Waals surface area contributed by atoms with E-state index in [-0.39, 0.29) is 17.2 Å². The van der Waals surface area contributed by atoms with Gasteiger partial charge in [-0.1, -0.05) is 6.08 Å². The van der Waals surface area contributed by atoms with Gasteiger partial charge in [-0.3, -0.25) is 24.6 Å². The smallest absolute Gasteiger partial charge is 0.266 e. The molecule has 0 atom stereocenters. The van der Waals surface area contributed by atoms with Crippen LogP contribution in [0.1, 0.15) is 10.4 Å². The summed E-state index contributed by atoms with van der Waals surface area (Å²) in [7, 11) is 0. The highest BCUT2D eigenvalue weighted by molar-refractivity contribution is 7.80. The molecule has 2 amide bonds. The maximum atomic E-state index is 12.5. The molecule has 140 valence electrons. The van der Waals surface area contributed by atoms with E-state index in [9.17, 15) is 14.4 Å². The lowest BCUT2D eigenvalue weighted by atomic mass is 10.0. The molecule has 1 aromatic carbocycles. The van der Waals surface area contributed by atoms with E-state index in [2.05, 4.69) is 16.8 Å². The summed E-state index contributed by atoms with van der Waals surface area (Å²) in [4.78, 5) is 40.4. The number of rotatable bonds is 5. The van der Waals surface area contributed by atoms with Crippen molar-refractivity contribution in [2.45, 2.75) is 0 Å². The minimum absolute atomic E-state index is 0.00404. The Bertz CT molecular complexity index is 826. The van der Waals surface area contributed by atoms with Crippen LogP contribution in [0.3, 0.4) is 0 Å². The van der Waals surface area contributed by atoms with E-state index in [0.29, 0.717) is 18.8 Å². The van der Waals surface area contributed by atoms with Gasteiger partial charge in [0.05, 0.1) is 13.2 Å². The second-order valence-electron chi connectivity index (χ2n) is 6.03. The van der Waals surface area contributed by atoms with Gasteiger partial charge in [0.25, 0.3) is 11.8 Å². The second kappa shape index (κ2) is 8.24. The number of nitrogens with one attached hydrogen (secondary N) is 1. The number of allylic oxidation sites excluding steroid dienone is 1. The molecule has 2 fully saturated rings. The summed E-state index contributed by atoms with van der Waals surface area (Å²) in [5, 5.41) is 2.42. The first kappa shape index (κ1) is 18.9. The van der Waals surface area contributed by atoms with Crippen molar-refractivity contribution in [1.82, 2.24) is 10.2 Å². The summed E-state index contributed by atoms with van der Waals surface area (Å²) < 4.78 is 5.33. The first-order valence-electron chi connectivity index (χ1n) is 8.48. The number of nitrogens with zero attached hydrogens (tertiary/aromatic N) is 2. The molecular formula is C19H19N3O4S. The van der Waals surface area contributed by atoms with Gasteiger partial charge in [0.15, 0.2) is 10.9 Å². The number of ether oxygens (including phenoxy) is 1. The Hall–Kier alpha value is -2.84. The average Bonchev–Trinajstić information content (AvgIpc) is 2.69. The van der Waals surface area contributed by atoms with E-state index in [1.807, 2.05) is 12.1 Å². The molecule has 0 bridgehead atoms. The first-order valence-corrected chi connectivity index (χ1v) is 8.89. The molecule has 2 aliphatic rings. The summed E-state index contributed by atoms with van der Waals surface area (Å²) >= 11 is 4.98. The predicted octanol–water partition coefficient (Wildman–Crippen LogP) is 1.06. The van der Waals surface area contributed by atoms with Gasteiger partial charge in [-0.15, -0.1) is 6.58 Å². The number of hydrogen-bond acceptors (Lipinski definition) is 6. The normalized spacial score (nSPS) is 19.3. The van der Waals surface area contributed by atoms with E-state index in [1.54, 1.807) is 12.1 Å². The number of amides is 2. The Labute approximate surface area is 162 Å². The lowest BCUT2D eigenvalue weighted by Gasteiger charge is -2.29. The Morgan fingerprint density at radius 1 is 1.22 bits per heavy atom. The van der Waals surface area contributed by atoms with Crippen molar-refractivity contribution in [3.05, 3.63) is 54.1 Å². The number of ketones is 1. The van der Waals surface area contributed by atoms with E-state index in [0.717, 1.165) is 24.9 Å².